The first-order valence-corrected chi connectivity index (χ1v) is 5.91. The fourth-order valence-corrected chi connectivity index (χ4v) is 2.51. The summed E-state index contributed by atoms with van der Waals surface area (Å²) in [5.74, 6) is 0. The lowest BCUT2D eigenvalue weighted by atomic mass is 9.87. The Hall–Kier alpha value is -0.120. The number of hydrogen-bond acceptors (Lipinski definition) is 3. The van der Waals surface area contributed by atoms with Gasteiger partial charge in [0.2, 0.25) is 0 Å². The molecule has 0 aromatic rings. The van der Waals surface area contributed by atoms with E-state index in [1.165, 1.54) is 19.3 Å². The van der Waals surface area contributed by atoms with Crippen LogP contribution in [0.15, 0.2) is 0 Å². The summed E-state index contributed by atoms with van der Waals surface area (Å²) >= 11 is 0. The van der Waals surface area contributed by atoms with Gasteiger partial charge < -0.3 is 15.8 Å². The van der Waals surface area contributed by atoms with Crippen molar-refractivity contribution in [2.24, 2.45) is 11.1 Å². The van der Waals surface area contributed by atoms with Crippen molar-refractivity contribution in [1.82, 2.24) is 5.32 Å². The molecule has 15 heavy (non-hydrogen) atoms. The van der Waals surface area contributed by atoms with Crippen LogP contribution in [0.3, 0.4) is 0 Å². The van der Waals surface area contributed by atoms with Crippen molar-refractivity contribution in [2.75, 3.05) is 20.2 Å². The van der Waals surface area contributed by atoms with E-state index in [9.17, 15) is 0 Å². The average Bonchev–Trinajstić information content (AvgIpc) is 2.52. The summed E-state index contributed by atoms with van der Waals surface area (Å²) in [4.78, 5) is 0. The lowest BCUT2D eigenvalue weighted by molar-refractivity contribution is 0.106. The number of nitrogens with one attached hydrogen (secondary N) is 1. The van der Waals surface area contributed by atoms with Crippen LogP contribution in [0.5, 0.6) is 0 Å². The number of methoxy groups -OCH3 is 1. The fourth-order valence-electron chi connectivity index (χ4n) is 2.51. The Bertz CT molecular complexity index is 206. The minimum Gasteiger partial charge on any atom is -0.380 e. The molecule has 0 heterocycles. The molecule has 3 N–H and O–H groups in total. The molecule has 0 bridgehead atoms. The molecular formula is C12H26N2O. The van der Waals surface area contributed by atoms with Gasteiger partial charge in [-0.2, -0.15) is 0 Å². The van der Waals surface area contributed by atoms with Crippen molar-refractivity contribution in [3.05, 3.63) is 0 Å². The molecule has 3 heteroatoms. The molecule has 0 aromatic carbocycles. The van der Waals surface area contributed by atoms with Gasteiger partial charge >= 0.3 is 0 Å². The highest BCUT2D eigenvalue weighted by molar-refractivity contribution is 5.00. The van der Waals surface area contributed by atoms with Crippen LogP contribution in [0, 0.1) is 5.41 Å². The van der Waals surface area contributed by atoms with Gasteiger partial charge in [-0.15, -0.1) is 0 Å². The van der Waals surface area contributed by atoms with E-state index in [0.717, 1.165) is 13.1 Å². The third kappa shape index (κ3) is 3.44. The molecule has 1 fully saturated rings. The van der Waals surface area contributed by atoms with Crippen LogP contribution >= 0.6 is 0 Å². The highest BCUT2D eigenvalue weighted by atomic mass is 16.5. The van der Waals surface area contributed by atoms with Gasteiger partial charge in [0.15, 0.2) is 0 Å². The Kier molecular flexibility index (Phi) is 4.15. The second-order valence-electron chi connectivity index (χ2n) is 5.75. The van der Waals surface area contributed by atoms with E-state index in [0.29, 0.717) is 5.41 Å². The highest BCUT2D eigenvalue weighted by Gasteiger charge is 2.41. The summed E-state index contributed by atoms with van der Waals surface area (Å²) in [5.41, 5.74) is 6.50. The first kappa shape index (κ1) is 12.9. The first-order chi connectivity index (χ1) is 6.93. The number of hydrogen-bond donors (Lipinski definition) is 2. The zero-order chi connectivity index (χ0) is 11.5. The molecule has 0 radical (unpaired) electrons. The molecule has 1 rings (SSSR count). The van der Waals surface area contributed by atoms with Crippen LogP contribution in [0.4, 0.5) is 0 Å². The molecule has 0 aliphatic heterocycles. The molecular weight excluding hydrogens is 188 g/mol. The predicted octanol–water partition coefficient (Wildman–Crippen LogP) is 1.52. The van der Waals surface area contributed by atoms with Crippen molar-refractivity contribution in [3.8, 4) is 0 Å². The topological polar surface area (TPSA) is 47.3 Å². The van der Waals surface area contributed by atoms with Crippen molar-refractivity contribution >= 4 is 0 Å². The van der Waals surface area contributed by atoms with Crippen LogP contribution in [0.1, 0.15) is 40.0 Å². The van der Waals surface area contributed by atoms with Gasteiger partial charge in [-0.25, -0.2) is 0 Å². The van der Waals surface area contributed by atoms with Crippen molar-refractivity contribution in [3.63, 3.8) is 0 Å². The summed E-state index contributed by atoms with van der Waals surface area (Å²) in [6.07, 6.45) is 3.88. The molecule has 90 valence electrons. The number of rotatable bonds is 5. The van der Waals surface area contributed by atoms with Crippen molar-refractivity contribution in [2.45, 2.75) is 51.7 Å². The Morgan fingerprint density at radius 2 is 2.07 bits per heavy atom. The van der Waals surface area contributed by atoms with Gasteiger partial charge in [-0.3, -0.25) is 0 Å². The molecule has 0 aromatic heterocycles. The average molecular weight is 214 g/mol. The van der Waals surface area contributed by atoms with Crippen LogP contribution in [0.2, 0.25) is 0 Å². The van der Waals surface area contributed by atoms with Gasteiger partial charge in [0.1, 0.15) is 0 Å². The molecule has 1 aliphatic rings. The number of ether oxygens (including phenoxy) is 1. The van der Waals surface area contributed by atoms with Crippen LogP contribution < -0.4 is 11.1 Å². The SMILES string of the molecule is COC(C)CNC1(CN)CCC(C)(C)C1. The quantitative estimate of drug-likeness (QED) is 0.729. The number of nitrogens with two attached hydrogens (primary N) is 1. The summed E-state index contributed by atoms with van der Waals surface area (Å²) in [5, 5.41) is 3.60. The largest absolute Gasteiger partial charge is 0.380 e. The van der Waals surface area contributed by atoms with Gasteiger partial charge in [0.05, 0.1) is 6.10 Å². The molecule has 2 unspecified atom stereocenters. The third-order valence-corrected chi connectivity index (χ3v) is 3.65. The summed E-state index contributed by atoms with van der Waals surface area (Å²) in [6, 6.07) is 0. The van der Waals surface area contributed by atoms with Gasteiger partial charge in [-0.1, -0.05) is 13.8 Å². The van der Waals surface area contributed by atoms with Crippen LogP contribution in [0.25, 0.3) is 0 Å². The Morgan fingerprint density at radius 3 is 2.47 bits per heavy atom. The van der Waals surface area contributed by atoms with E-state index >= 15 is 0 Å². The fraction of sp³-hybridized carbons (Fsp3) is 1.00. The van der Waals surface area contributed by atoms with E-state index in [1.807, 2.05) is 0 Å². The molecule has 2 atom stereocenters. The van der Waals surface area contributed by atoms with E-state index in [-0.39, 0.29) is 11.6 Å². The zero-order valence-electron chi connectivity index (χ0n) is 10.6. The maximum atomic E-state index is 5.91. The molecule has 1 saturated carbocycles. The maximum absolute atomic E-state index is 5.91. The predicted molar refractivity (Wildman–Crippen MR) is 63.9 cm³/mol. The monoisotopic (exact) mass is 214 g/mol. The molecule has 0 spiro atoms. The van der Waals surface area contributed by atoms with Gasteiger partial charge in [-0.05, 0) is 31.6 Å². The van der Waals surface area contributed by atoms with E-state index in [1.54, 1.807) is 7.11 Å². The minimum atomic E-state index is 0.149. The first-order valence-electron chi connectivity index (χ1n) is 5.91. The summed E-state index contributed by atoms with van der Waals surface area (Å²) in [6.45, 7) is 8.35. The van der Waals surface area contributed by atoms with Gasteiger partial charge in [0, 0.05) is 25.7 Å². The molecule has 0 saturated heterocycles. The normalized spacial score (nSPS) is 31.8. The highest BCUT2D eigenvalue weighted by Crippen LogP contribution is 2.42. The Labute approximate surface area is 93.8 Å². The van der Waals surface area contributed by atoms with Gasteiger partial charge in [0.25, 0.3) is 0 Å². The Balaban J connectivity index is 2.48. The summed E-state index contributed by atoms with van der Waals surface area (Å²) < 4.78 is 5.25. The van der Waals surface area contributed by atoms with Crippen molar-refractivity contribution in [1.29, 1.82) is 0 Å². The second-order valence-corrected chi connectivity index (χ2v) is 5.75. The second kappa shape index (κ2) is 4.81. The van der Waals surface area contributed by atoms with Crippen molar-refractivity contribution < 1.29 is 4.74 Å². The van der Waals surface area contributed by atoms with Crippen LogP contribution in [-0.4, -0.2) is 31.8 Å². The molecule has 3 nitrogen and oxygen atoms in total. The van der Waals surface area contributed by atoms with E-state index in [2.05, 4.69) is 26.1 Å². The molecule has 0 amide bonds. The third-order valence-electron chi connectivity index (χ3n) is 3.65. The standard InChI is InChI=1S/C12H26N2O/c1-10(15-4)7-14-12(9-13)6-5-11(2,3)8-12/h10,14H,5-9,13H2,1-4H3. The molecule has 1 aliphatic carbocycles. The lowest BCUT2D eigenvalue weighted by Crippen LogP contribution is -2.51. The minimum absolute atomic E-state index is 0.149. The Morgan fingerprint density at radius 1 is 1.40 bits per heavy atom. The maximum Gasteiger partial charge on any atom is 0.0667 e. The van der Waals surface area contributed by atoms with E-state index in [4.69, 9.17) is 10.5 Å². The summed E-state index contributed by atoms with van der Waals surface area (Å²) in [7, 11) is 1.75. The smallest absolute Gasteiger partial charge is 0.0667 e. The zero-order valence-corrected chi connectivity index (χ0v) is 10.6. The van der Waals surface area contributed by atoms with Crippen LogP contribution in [-0.2, 0) is 4.74 Å². The lowest BCUT2D eigenvalue weighted by Gasteiger charge is -2.32. The van der Waals surface area contributed by atoms with E-state index < -0.39 is 0 Å².